The molecule has 0 spiro atoms. The highest BCUT2D eigenvalue weighted by atomic mass is 79.9. The summed E-state index contributed by atoms with van der Waals surface area (Å²) in [6.45, 7) is 3.01. The fraction of sp³-hybridized carbons (Fsp3) is 0.300. The van der Waals surface area contributed by atoms with Crippen molar-refractivity contribution in [1.82, 2.24) is 0 Å². The molecule has 1 saturated heterocycles. The number of esters is 1. The van der Waals surface area contributed by atoms with Crippen molar-refractivity contribution in [3.8, 4) is 17.2 Å². The second-order valence-corrected chi connectivity index (χ2v) is 8.01. The molecule has 2 aliphatic rings. The SMILES string of the molecule is Cc1cc(Br)cc(Cl)c1OC(=O)[C@@H]1CC(=O)N(c2ccc3c(c2)OCCO3)C1. The van der Waals surface area contributed by atoms with Gasteiger partial charge in [-0.1, -0.05) is 27.5 Å². The van der Waals surface area contributed by atoms with E-state index < -0.39 is 11.9 Å². The van der Waals surface area contributed by atoms with Gasteiger partial charge in [-0.05, 0) is 36.8 Å². The van der Waals surface area contributed by atoms with E-state index in [0.29, 0.717) is 41.2 Å². The molecular formula is C20H17BrClNO5. The summed E-state index contributed by atoms with van der Waals surface area (Å²) in [5.41, 5.74) is 1.41. The average Bonchev–Trinajstić information content (AvgIpc) is 3.06. The lowest BCUT2D eigenvalue weighted by atomic mass is 10.1. The van der Waals surface area contributed by atoms with E-state index in [9.17, 15) is 9.59 Å². The van der Waals surface area contributed by atoms with E-state index in [1.807, 2.05) is 6.07 Å². The molecule has 1 atom stereocenters. The zero-order valence-electron chi connectivity index (χ0n) is 15.0. The van der Waals surface area contributed by atoms with Crippen LogP contribution in [-0.2, 0) is 9.59 Å². The van der Waals surface area contributed by atoms with Crippen molar-refractivity contribution in [3.63, 3.8) is 0 Å². The Balaban J connectivity index is 1.50. The van der Waals surface area contributed by atoms with Crippen LogP contribution in [0, 0.1) is 12.8 Å². The molecule has 0 saturated carbocycles. The van der Waals surface area contributed by atoms with Gasteiger partial charge in [0.25, 0.3) is 0 Å². The Morgan fingerprint density at radius 1 is 1.21 bits per heavy atom. The highest BCUT2D eigenvalue weighted by molar-refractivity contribution is 9.10. The van der Waals surface area contributed by atoms with E-state index >= 15 is 0 Å². The molecule has 2 aliphatic heterocycles. The first-order chi connectivity index (χ1) is 13.4. The number of hydrogen-bond acceptors (Lipinski definition) is 5. The Morgan fingerprint density at radius 3 is 2.71 bits per heavy atom. The van der Waals surface area contributed by atoms with Gasteiger partial charge in [0.1, 0.15) is 13.2 Å². The normalized spacial score (nSPS) is 18.3. The number of amides is 1. The first-order valence-electron chi connectivity index (χ1n) is 8.79. The zero-order chi connectivity index (χ0) is 19.8. The molecule has 1 amide bonds. The summed E-state index contributed by atoms with van der Waals surface area (Å²) in [4.78, 5) is 26.7. The minimum absolute atomic E-state index is 0.0838. The van der Waals surface area contributed by atoms with E-state index in [0.717, 1.165) is 10.0 Å². The van der Waals surface area contributed by atoms with Crippen LogP contribution < -0.4 is 19.1 Å². The van der Waals surface area contributed by atoms with Crippen LogP contribution in [0.25, 0.3) is 0 Å². The monoisotopic (exact) mass is 465 g/mol. The number of hydrogen-bond donors (Lipinski definition) is 0. The van der Waals surface area contributed by atoms with E-state index in [2.05, 4.69) is 15.9 Å². The van der Waals surface area contributed by atoms with Gasteiger partial charge in [-0.25, -0.2) is 0 Å². The van der Waals surface area contributed by atoms with Gasteiger partial charge in [0.2, 0.25) is 5.91 Å². The van der Waals surface area contributed by atoms with Gasteiger partial charge < -0.3 is 19.1 Å². The molecule has 0 unspecified atom stereocenters. The molecule has 1 fully saturated rings. The highest BCUT2D eigenvalue weighted by Crippen LogP contribution is 2.37. The molecule has 0 aliphatic carbocycles. The summed E-state index contributed by atoms with van der Waals surface area (Å²) in [5.74, 6) is 0.385. The maximum absolute atomic E-state index is 12.6. The number of ether oxygens (including phenoxy) is 3. The molecule has 8 heteroatoms. The number of nitrogens with zero attached hydrogens (tertiary/aromatic N) is 1. The van der Waals surface area contributed by atoms with Gasteiger partial charge in [-0.15, -0.1) is 0 Å². The van der Waals surface area contributed by atoms with Crippen molar-refractivity contribution in [2.24, 2.45) is 5.92 Å². The molecular weight excluding hydrogens is 450 g/mol. The van der Waals surface area contributed by atoms with Crippen molar-refractivity contribution in [2.75, 3.05) is 24.7 Å². The second-order valence-electron chi connectivity index (χ2n) is 6.69. The van der Waals surface area contributed by atoms with Gasteiger partial charge >= 0.3 is 5.97 Å². The van der Waals surface area contributed by atoms with Crippen LogP contribution in [-0.4, -0.2) is 31.6 Å². The summed E-state index contributed by atoms with van der Waals surface area (Å²) in [6, 6.07) is 8.80. The first kappa shape index (κ1) is 19.1. The molecule has 6 nitrogen and oxygen atoms in total. The van der Waals surface area contributed by atoms with Gasteiger partial charge in [0, 0.05) is 29.2 Å². The summed E-state index contributed by atoms with van der Waals surface area (Å²) < 4.78 is 17.4. The maximum Gasteiger partial charge on any atom is 0.316 e. The molecule has 2 aromatic rings. The molecule has 0 radical (unpaired) electrons. The Kier molecular flexibility index (Phi) is 5.21. The van der Waals surface area contributed by atoms with Gasteiger partial charge in [0.05, 0.1) is 10.9 Å². The number of halogens is 2. The summed E-state index contributed by atoms with van der Waals surface area (Å²) in [5, 5.41) is 0.341. The van der Waals surface area contributed by atoms with E-state index in [1.54, 1.807) is 36.1 Å². The molecule has 0 N–H and O–H groups in total. The van der Waals surface area contributed by atoms with Crippen molar-refractivity contribution in [3.05, 3.63) is 45.4 Å². The molecule has 4 rings (SSSR count). The number of aryl methyl sites for hydroxylation is 1. The van der Waals surface area contributed by atoms with Crippen LogP contribution >= 0.6 is 27.5 Å². The van der Waals surface area contributed by atoms with E-state index in [-0.39, 0.29) is 18.9 Å². The minimum atomic E-state index is -0.570. The fourth-order valence-corrected chi connectivity index (χ4v) is 4.33. The summed E-state index contributed by atoms with van der Waals surface area (Å²) in [7, 11) is 0. The Hall–Kier alpha value is -2.25. The lowest BCUT2D eigenvalue weighted by Crippen LogP contribution is -2.27. The minimum Gasteiger partial charge on any atom is -0.486 e. The summed E-state index contributed by atoms with van der Waals surface area (Å²) >= 11 is 9.55. The zero-order valence-corrected chi connectivity index (χ0v) is 17.4. The van der Waals surface area contributed by atoms with Crippen LogP contribution in [0.4, 0.5) is 5.69 Å². The number of fused-ring (bicyclic) bond motifs is 1. The number of benzene rings is 2. The van der Waals surface area contributed by atoms with E-state index in [1.165, 1.54) is 0 Å². The van der Waals surface area contributed by atoms with Crippen LogP contribution in [0.15, 0.2) is 34.8 Å². The maximum atomic E-state index is 12.6. The molecule has 146 valence electrons. The third kappa shape index (κ3) is 3.69. The molecule has 0 aromatic heterocycles. The van der Waals surface area contributed by atoms with Crippen LogP contribution in [0.2, 0.25) is 5.02 Å². The first-order valence-corrected chi connectivity index (χ1v) is 9.97. The Bertz CT molecular complexity index is 941. The smallest absolute Gasteiger partial charge is 0.316 e. The molecule has 2 heterocycles. The van der Waals surface area contributed by atoms with Crippen LogP contribution in [0.3, 0.4) is 0 Å². The van der Waals surface area contributed by atoms with Crippen molar-refractivity contribution < 1.29 is 23.8 Å². The topological polar surface area (TPSA) is 65.1 Å². The number of carbonyl (C=O) groups is 2. The lowest BCUT2D eigenvalue weighted by molar-refractivity contribution is -0.139. The largest absolute Gasteiger partial charge is 0.486 e. The summed E-state index contributed by atoms with van der Waals surface area (Å²) in [6.07, 6.45) is 0.0838. The Labute approximate surface area is 175 Å². The van der Waals surface area contributed by atoms with Gasteiger partial charge in [-0.3, -0.25) is 9.59 Å². The van der Waals surface area contributed by atoms with Crippen molar-refractivity contribution >= 4 is 45.1 Å². The predicted octanol–water partition coefficient (Wildman–Crippen LogP) is 4.14. The van der Waals surface area contributed by atoms with Crippen LogP contribution in [0.5, 0.6) is 17.2 Å². The lowest BCUT2D eigenvalue weighted by Gasteiger charge is -2.22. The van der Waals surface area contributed by atoms with Crippen molar-refractivity contribution in [2.45, 2.75) is 13.3 Å². The van der Waals surface area contributed by atoms with Crippen molar-refractivity contribution in [1.29, 1.82) is 0 Å². The average molecular weight is 467 g/mol. The van der Waals surface area contributed by atoms with E-state index in [4.69, 9.17) is 25.8 Å². The van der Waals surface area contributed by atoms with Crippen LogP contribution in [0.1, 0.15) is 12.0 Å². The fourth-order valence-electron chi connectivity index (χ4n) is 3.32. The van der Waals surface area contributed by atoms with Gasteiger partial charge in [0.15, 0.2) is 17.2 Å². The quantitative estimate of drug-likeness (QED) is 0.502. The standard InChI is InChI=1S/C20H17BrClNO5/c1-11-6-13(21)8-15(22)19(11)28-20(25)12-7-18(24)23(10-12)14-2-3-16-17(9-14)27-5-4-26-16/h2-3,6,8-9,12H,4-5,7,10H2,1H3/t12-/m1/s1. The third-order valence-corrected chi connectivity index (χ3v) is 5.43. The molecule has 28 heavy (non-hydrogen) atoms. The number of rotatable bonds is 3. The number of carbonyl (C=O) groups excluding carboxylic acids is 2. The predicted molar refractivity (Wildman–Crippen MR) is 107 cm³/mol. The molecule has 2 aromatic carbocycles. The second kappa shape index (κ2) is 7.64. The highest BCUT2D eigenvalue weighted by Gasteiger charge is 2.37. The number of anilines is 1. The van der Waals surface area contributed by atoms with Gasteiger partial charge in [-0.2, -0.15) is 0 Å². The third-order valence-electron chi connectivity index (χ3n) is 4.69. The Morgan fingerprint density at radius 2 is 1.96 bits per heavy atom. The molecule has 0 bridgehead atoms.